The highest BCUT2D eigenvalue weighted by atomic mass is 16.6. The Kier molecular flexibility index (Phi) is 2.51. The van der Waals surface area contributed by atoms with Crippen LogP contribution in [0.5, 0.6) is 0 Å². The zero-order valence-corrected chi connectivity index (χ0v) is 9.01. The molecule has 0 fully saturated rings. The largest absolute Gasteiger partial charge is 0.478 e. The van der Waals surface area contributed by atoms with Crippen LogP contribution in [0.4, 0.5) is 5.69 Å². The van der Waals surface area contributed by atoms with Crippen molar-refractivity contribution in [1.29, 1.82) is 0 Å². The van der Waals surface area contributed by atoms with E-state index in [1.54, 1.807) is 24.3 Å². The minimum absolute atomic E-state index is 0.0320. The summed E-state index contributed by atoms with van der Waals surface area (Å²) in [6, 6.07) is 8.14. The van der Waals surface area contributed by atoms with Gasteiger partial charge in [0.25, 0.3) is 5.69 Å². The number of benzene rings is 2. The molecule has 2 rings (SSSR count). The summed E-state index contributed by atoms with van der Waals surface area (Å²) in [6.07, 6.45) is 0. The summed E-state index contributed by atoms with van der Waals surface area (Å²) in [4.78, 5) is 21.5. The van der Waals surface area contributed by atoms with Gasteiger partial charge >= 0.3 is 5.97 Å². The van der Waals surface area contributed by atoms with Gasteiger partial charge in [-0.3, -0.25) is 10.1 Å². The van der Waals surface area contributed by atoms with E-state index in [4.69, 9.17) is 5.11 Å². The van der Waals surface area contributed by atoms with Gasteiger partial charge < -0.3 is 5.11 Å². The highest BCUT2D eigenvalue weighted by molar-refractivity contribution is 6.01. The molecule has 0 amide bonds. The van der Waals surface area contributed by atoms with Crippen molar-refractivity contribution in [2.24, 2.45) is 0 Å². The Morgan fingerprint density at radius 1 is 1.35 bits per heavy atom. The Morgan fingerprint density at radius 3 is 2.59 bits per heavy atom. The van der Waals surface area contributed by atoms with E-state index in [1.807, 2.05) is 0 Å². The Balaban J connectivity index is 2.95. The average molecular weight is 231 g/mol. The topological polar surface area (TPSA) is 80.4 Å². The van der Waals surface area contributed by atoms with Gasteiger partial charge in [0, 0.05) is 5.56 Å². The van der Waals surface area contributed by atoms with Crippen molar-refractivity contribution in [1.82, 2.24) is 0 Å². The van der Waals surface area contributed by atoms with E-state index < -0.39 is 10.9 Å². The molecule has 0 spiro atoms. The number of rotatable bonds is 2. The highest BCUT2D eigenvalue weighted by Gasteiger charge is 2.21. The third-order valence-corrected chi connectivity index (χ3v) is 2.69. The minimum Gasteiger partial charge on any atom is -0.478 e. The lowest BCUT2D eigenvalue weighted by atomic mass is 9.99. The van der Waals surface area contributed by atoms with E-state index in [2.05, 4.69) is 0 Å². The maximum Gasteiger partial charge on any atom is 0.336 e. The molecule has 0 atom stereocenters. The van der Waals surface area contributed by atoms with Gasteiger partial charge in [0.2, 0.25) is 0 Å². The fourth-order valence-corrected chi connectivity index (χ4v) is 1.89. The van der Waals surface area contributed by atoms with Crippen molar-refractivity contribution in [2.45, 2.75) is 6.92 Å². The Morgan fingerprint density at radius 2 is 2.00 bits per heavy atom. The van der Waals surface area contributed by atoms with Gasteiger partial charge in [0.15, 0.2) is 0 Å². The maximum absolute atomic E-state index is 11.0. The number of carboxylic acid groups (broad SMARTS) is 1. The molecule has 5 heteroatoms. The SMILES string of the molecule is Cc1c(C(=O)O)cc2ccccc2c1[N+](=O)[O-]. The molecular weight excluding hydrogens is 222 g/mol. The van der Waals surface area contributed by atoms with Gasteiger partial charge in [0.05, 0.1) is 15.9 Å². The van der Waals surface area contributed by atoms with Crippen LogP contribution in [-0.2, 0) is 0 Å². The van der Waals surface area contributed by atoms with Crippen molar-refractivity contribution >= 4 is 22.4 Å². The van der Waals surface area contributed by atoms with Crippen molar-refractivity contribution in [3.05, 3.63) is 51.6 Å². The Hall–Kier alpha value is -2.43. The van der Waals surface area contributed by atoms with Gasteiger partial charge in [-0.05, 0) is 24.4 Å². The first-order chi connectivity index (χ1) is 8.02. The second kappa shape index (κ2) is 3.86. The summed E-state index contributed by atoms with van der Waals surface area (Å²) >= 11 is 0. The maximum atomic E-state index is 11.0. The Labute approximate surface area is 96.5 Å². The molecule has 2 aromatic rings. The minimum atomic E-state index is -1.16. The van der Waals surface area contributed by atoms with Gasteiger partial charge in [-0.2, -0.15) is 0 Å². The number of aromatic carboxylic acids is 1. The zero-order chi connectivity index (χ0) is 12.6. The van der Waals surface area contributed by atoms with Crippen LogP contribution in [0.3, 0.4) is 0 Å². The lowest BCUT2D eigenvalue weighted by Crippen LogP contribution is -2.03. The number of hydrogen-bond acceptors (Lipinski definition) is 3. The number of nitrogens with zero attached hydrogens (tertiary/aromatic N) is 1. The smallest absolute Gasteiger partial charge is 0.336 e. The van der Waals surface area contributed by atoms with Crippen LogP contribution in [0, 0.1) is 17.0 Å². The van der Waals surface area contributed by atoms with Crippen molar-refractivity contribution in [3.63, 3.8) is 0 Å². The molecule has 1 N–H and O–H groups in total. The number of carboxylic acids is 1. The second-order valence-corrected chi connectivity index (χ2v) is 3.68. The number of hydrogen-bond donors (Lipinski definition) is 1. The standard InChI is InChI=1S/C12H9NO4/c1-7-10(12(14)15)6-8-4-2-3-5-9(8)11(7)13(16)17/h2-6H,1H3,(H,14,15). The molecule has 0 saturated heterocycles. The third-order valence-electron chi connectivity index (χ3n) is 2.69. The van der Waals surface area contributed by atoms with Gasteiger partial charge in [-0.15, -0.1) is 0 Å². The Bertz CT molecular complexity index is 634. The van der Waals surface area contributed by atoms with Crippen molar-refractivity contribution < 1.29 is 14.8 Å². The van der Waals surface area contributed by atoms with E-state index in [0.717, 1.165) is 0 Å². The first kappa shape index (κ1) is 11.1. The number of carbonyl (C=O) groups is 1. The molecule has 0 radical (unpaired) electrons. The molecule has 0 bridgehead atoms. The molecule has 5 nitrogen and oxygen atoms in total. The molecule has 17 heavy (non-hydrogen) atoms. The van der Waals surface area contributed by atoms with E-state index >= 15 is 0 Å². The normalized spacial score (nSPS) is 10.4. The molecule has 0 saturated carbocycles. The lowest BCUT2D eigenvalue weighted by Gasteiger charge is -2.06. The molecule has 86 valence electrons. The van der Waals surface area contributed by atoms with E-state index in [1.165, 1.54) is 13.0 Å². The fourth-order valence-electron chi connectivity index (χ4n) is 1.89. The van der Waals surface area contributed by atoms with Crippen LogP contribution >= 0.6 is 0 Å². The lowest BCUT2D eigenvalue weighted by molar-refractivity contribution is -0.383. The molecule has 2 aromatic carbocycles. The van der Waals surface area contributed by atoms with Gasteiger partial charge in [-0.1, -0.05) is 18.2 Å². The van der Waals surface area contributed by atoms with Crippen LogP contribution in [0.2, 0.25) is 0 Å². The number of nitro groups is 1. The molecular formula is C12H9NO4. The van der Waals surface area contributed by atoms with E-state index in [0.29, 0.717) is 10.8 Å². The van der Waals surface area contributed by atoms with Crippen LogP contribution in [0.25, 0.3) is 10.8 Å². The average Bonchev–Trinajstić information content (AvgIpc) is 2.27. The summed E-state index contributed by atoms with van der Waals surface area (Å²) in [5.74, 6) is -1.16. The quantitative estimate of drug-likeness (QED) is 0.636. The van der Waals surface area contributed by atoms with Crippen LogP contribution in [0.15, 0.2) is 30.3 Å². The molecule has 0 heterocycles. The molecule has 0 unspecified atom stereocenters. The monoisotopic (exact) mass is 231 g/mol. The first-order valence-corrected chi connectivity index (χ1v) is 4.92. The third kappa shape index (κ3) is 1.71. The van der Waals surface area contributed by atoms with Crippen LogP contribution < -0.4 is 0 Å². The van der Waals surface area contributed by atoms with Crippen LogP contribution in [-0.4, -0.2) is 16.0 Å². The van der Waals surface area contributed by atoms with Gasteiger partial charge in [0.1, 0.15) is 0 Å². The first-order valence-electron chi connectivity index (χ1n) is 4.92. The van der Waals surface area contributed by atoms with E-state index in [-0.39, 0.29) is 16.8 Å². The highest BCUT2D eigenvalue weighted by Crippen LogP contribution is 2.31. The second-order valence-electron chi connectivity index (χ2n) is 3.68. The fraction of sp³-hybridized carbons (Fsp3) is 0.0833. The van der Waals surface area contributed by atoms with Gasteiger partial charge in [-0.25, -0.2) is 4.79 Å². The molecule has 0 aliphatic carbocycles. The van der Waals surface area contributed by atoms with Crippen molar-refractivity contribution in [2.75, 3.05) is 0 Å². The number of fused-ring (bicyclic) bond motifs is 1. The zero-order valence-electron chi connectivity index (χ0n) is 9.01. The molecule has 0 aromatic heterocycles. The van der Waals surface area contributed by atoms with E-state index in [9.17, 15) is 14.9 Å². The van der Waals surface area contributed by atoms with Crippen LogP contribution in [0.1, 0.15) is 15.9 Å². The molecule has 0 aliphatic rings. The molecule has 0 aliphatic heterocycles. The summed E-state index contributed by atoms with van der Waals surface area (Å²) in [5, 5.41) is 21.0. The van der Waals surface area contributed by atoms with Crippen molar-refractivity contribution in [3.8, 4) is 0 Å². The summed E-state index contributed by atoms with van der Waals surface area (Å²) < 4.78 is 0. The summed E-state index contributed by atoms with van der Waals surface area (Å²) in [7, 11) is 0. The predicted octanol–water partition coefficient (Wildman–Crippen LogP) is 2.75. The number of nitro benzene ring substituents is 1. The summed E-state index contributed by atoms with van der Waals surface area (Å²) in [6.45, 7) is 1.45. The summed E-state index contributed by atoms with van der Waals surface area (Å²) in [5.41, 5.74) is 0.0112. The predicted molar refractivity (Wildman–Crippen MR) is 62.3 cm³/mol.